The molecule has 1 aliphatic rings. The molecule has 0 aromatic carbocycles. The average molecular weight is 293 g/mol. The van der Waals surface area contributed by atoms with Crippen LogP contribution < -0.4 is 10.8 Å². The van der Waals surface area contributed by atoms with Crippen LogP contribution in [0.1, 0.15) is 52.4 Å². The van der Waals surface area contributed by atoms with Gasteiger partial charge in [0.25, 0.3) is 0 Å². The van der Waals surface area contributed by atoms with E-state index in [9.17, 15) is 9.90 Å². The van der Waals surface area contributed by atoms with Gasteiger partial charge in [0.2, 0.25) is 5.84 Å². The maximum atomic E-state index is 11.0. The first kappa shape index (κ1) is 17.6. The van der Waals surface area contributed by atoms with E-state index in [0.717, 1.165) is 37.9 Å². The number of rotatable bonds is 10. The van der Waals surface area contributed by atoms with Crippen molar-refractivity contribution in [1.82, 2.24) is 0 Å². The number of aliphatic imine (C=N–C) groups is 1. The van der Waals surface area contributed by atoms with Crippen LogP contribution in [0.15, 0.2) is 29.5 Å². The predicted molar refractivity (Wildman–Crippen MR) is 82.9 cm³/mol. The van der Waals surface area contributed by atoms with Gasteiger partial charge in [0.05, 0.1) is 12.2 Å². The summed E-state index contributed by atoms with van der Waals surface area (Å²) in [6, 6.07) is 0. The topological polar surface area (TPSA) is 78.5 Å². The maximum absolute atomic E-state index is 11.0. The first-order valence-corrected chi connectivity index (χ1v) is 7.75. The van der Waals surface area contributed by atoms with Crippen LogP contribution in [-0.2, 0) is 4.79 Å². The van der Waals surface area contributed by atoms with Gasteiger partial charge in [0.1, 0.15) is 18.9 Å². The van der Waals surface area contributed by atoms with Crippen molar-refractivity contribution >= 4 is 11.8 Å². The lowest BCUT2D eigenvalue weighted by Gasteiger charge is -2.36. The van der Waals surface area contributed by atoms with Gasteiger partial charge in [0, 0.05) is 13.3 Å². The number of hydrogen-bond donors (Lipinski definition) is 1. The molecule has 0 aromatic rings. The highest BCUT2D eigenvalue weighted by atomic mass is 16.4. The molecule has 2 atom stereocenters. The molecule has 0 fully saturated rings. The molecule has 0 aliphatic carbocycles. The van der Waals surface area contributed by atoms with Crippen LogP contribution in [-0.4, -0.2) is 29.0 Å². The Hall–Kier alpha value is -1.46. The summed E-state index contributed by atoms with van der Waals surface area (Å²) in [5.74, 6) is -0.277. The molecule has 0 saturated carbocycles. The number of unbranched alkanes of at least 4 members (excludes halogenated alkanes) is 3. The monoisotopic (exact) mass is 293 g/mol. The molecule has 1 aliphatic heterocycles. The summed E-state index contributed by atoms with van der Waals surface area (Å²) in [4.78, 5) is 15.3. The standard InChI is InChI=1S/C16H27N3O2/c1-3-4-5-6-7-8-9-10-15-18-11-12-19(15,14(2)17)13-16(20)21/h5-6,11-12,14H,3-4,7-10,13,17H2,1-2H3/b6-5+. The Morgan fingerprint density at radius 3 is 2.76 bits per heavy atom. The normalized spacial score (nSPS) is 22.7. The molecule has 5 nitrogen and oxygen atoms in total. The minimum absolute atomic E-state index is 0.0913. The summed E-state index contributed by atoms with van der Waals surface area (Å²) in [7, 11) is 0. The molecule has 1 heterocycles. The summed E-state index contributed by atoms with van der Waals surface area (Å²) >= 11 is 0. The molecule has 0 amide bonds. The van der Waals surface area contributed by atoms with E-state index in [0.29, 0.717) is 0 Å². The number of quaternary nitrogens is 1. The van der Waals surface area contributed by atoms with Crippen molar-refractivity contribution in [3.8, 4) is 0 Å². The number of amidine groups is 1. The summed E-state index contributed by atoms with van der Waals surface area (Å²) in [5, 5.41) is 11.0. The van der Waals surface area contributed by atoms with E-state index in [2.05, 4.69) is 24.1 Å². The lowest BCUT2D eigenvalue weighted by Crippen LogP contribution is -2.60. The Morgan fingerprint density at radius 1 is 1.43 bits per heavy atom. The number of nitrogens with zero attached hydrogens (tertiary/aromatic N) is 2. The largest absolute Gasteiger partial charge is 0.544 e. The van der Waals surface area contributed by atoms with Crippen molar-refractivity contribution in [1.29, 1.82) is 0 Å². The van der Waals surface area contributed by atoms with Crippen LogP contribution in [0, 0.1) is 0 Å². The Balaban J connectivity index is 2.48. The van der Waals surface area contributed by atoms with Gasteiger partial charge in [0.15, 0.2) is 0 Å². The van der Waals surface area contributed by atoms with Crippen molar-refractivity contribution < 1.29 is 14.4 Å². The van der Waals surface area contributed by atoms with Crippen LogP contribution in [0.25, 0.3) is 0 Å². The summed E-state index contributed by atoms with van der Waals surface area (Å²) < 4.78 is 0.0913. The van der Waals surface area contributed by atoms with Crippen LogP contribution in [0.4, 0.5) is 0 Å². The number of carboxylic acid groups (broad SMARTS) is 1. The Bertz CT molecular complexity index is 427. The van der Waals surface area contributed by atoms with Crippen molar-refractivity contribution in [3.05, 3.63) is 24.6 Å². The van der Waals surface area contributed by atoms with Crippen LogP contribution >= 0.6 is 0 Å². The second kappa shape index (κ2) is 8.74. The minimum Gasteiger partial charge on any atom is -0.544 e. The van der Waals surface area contributed by atoms with Gasteiger partial charge in [-0.1, -0.05) is 25.5 Å². The SMILES string of the molecule is CCC/C=C/CCCCC1=NC=C[N+]1(CC(=O)[O-])C(C)N. The molecule has 0 radical (unpaired) electrons. The molecule has 0 spiro atoms. The first-order valence-electron chi connectivity index (χ1n) is 7.75. The summed E-state index contributed by atoms with van der Waals surface area (Å²) in [6.45, 7) is 3.82. The number of carboxylic acids is 1. The third-order valence-electron chi connectivity index (χ3n) is 3.80. The van der Waals surface area contributed by atoms with Crippen molar-refractivity contribution in [2.24, 2.45) is 10.7 Å². The molecule has 5 heteroatoms. The highest BCUT2D eigenvalue weighted by molar-refractivity contribution is 5.81. The van der Waals surface area contributed by atoms with Gasteiger partial charge in [-0.3, -0.25) is 5.73 Å². The third-order valence-corrected chi connectivity index (χ3v) is 3.80. The van der Waals surface area contributed by atoms with Crippen molar-refractivity contribution in [2.45, 2.75) is 58.5 Å². The molecule has 21 heavy (non-hydrogen) atoms. The number of carbonyl (C=O) groups excluding carboxylic acids is 1. The quantitative estimate of drug-likeness (QED) is 0.378. The van der Waals surface area contributed by atoms with E-state index < -0.39 is 5.97 Å². The molecule has 118 valence electrons. The Morgan fingerprint density at radius 2 is 2.14 bits per heavy atom. The molecule has 0 aromatic heterocycles. The average Bonchev–Trinajstić information content (AvgIpc) is 2.81. The molecular formula is C16H27N3O2. The first-order chi connectivity index (χ1) is 10.0. The summed E-state index contributed by atoms with van der Waals surface area (Å²) in [6.07, 6.45) is 13.7. The molecule has 0 saturated heterocycles. The second-order valence-electron chi connectivity index (χ2n) is 5.55. The van der Waals surface area contributed by atoms with Gasteiger partial charge >= 0.3 is 0 Å². The lowest BCUT2D eigenvalue weighted by molar-refractivity contribution is -0.808. The van der Waals surface area contributed by atoms with E-state index in [1.54, 1.807) is 12.4 Å². The zero-order chi connectivity index (χ0) is 15.7. The van der Waals surface area contributed by atoms with Crippen molar-refractivity contribution in [3.63, 3.8) is 0 Å². The molecular weight excluding hydrogens is 266 g/mol. The molecule has 0 bridgehead atoms. The third kappa shape index (κ3) is 5.10. The number of hydrogen-bond acceptors (Lipinski definition) is 4. The van der Waals surface area contributed by atoms with Gasteiger partial charge < -0.3 is 9.90 Å². The van der Waals surface area contributed by atoms with E-state index in [4.69, 9.17) is 5.73 Å². The molecule has 2 N–H and O–H groups in total. The highest BCUT2D eigenvalue weighted by Gasteiger charge is 2.38. The Labute approximate surface area is 127 Å². The fourth-order valence-corrected chi connectivity index (χ4v) is 2.52. The molecule has 2 unspecified atom stereocenters. The minimum atomic E-state index is -1.10. The fourth-order valence-electron chi connectivity index (χ4n) is 2.52. The summed E-state index contributed by atoms with van der Waals surface area (Å²) in [5.41, 5.74) is 5.99. The van der Waals surface area contributed by atoms with Gasteiger partial charge in [-0.2, -0.15) is 0 Å². The van der Waals surface area contributed by atoms with Crippen LogP contribution in [0.2, 0.25) is 0 Å². The van der Waals surface area contributed by atoms with Crippen molar-refractivity contribution in [2.75, 3.05) is 6.54 Å². The number of allylic oxidation sites excluding steroid dienone is 2. The predicted octanol–water partition coefficient (Wildman–Crippen LogP) is 1.66. The van der Waals surface area contributed by atoms with E-state index in [1.165, 1.54) is 6.42 Å². The maximum Gasteiger partial charge on any atom is 0.209 e. The van der Waals surface area contributed by atoms with Crippen LogP contribution in [0.5, 0.6) is 0 Å². The van der Waals surface area contributed by atoms with E-state index >= 15 is 0 Å². The Kier molecular flexibility index (Phi) is 7.32. The van der Waals surface area contributed by atoms with Gasteiger partial charge in [-0.15, -0.1) is 0 Å². The number of nitrogens with two attached hydrogens (primary N) is 1. The van der Waals surface area contributed by atoms with Gasteiger partial charge in [-0.25, -0.2) is 9.48 Å². The fraction of sp³-hybridized carbons (Fsp3) is 0.625. The smallest absolute Gasteiger partial charge is 0.209 e. The number of aliphatic carboxylic acids is 1. The van der Waals surface area contributed by atoms with E-state index in [1.807, 2.05) is 6.92 Å². The van der Waals surface area contributed by atoms with E-state index in [-0.39, 0.29) is 17.2 Å². The van der Waals surface area contributed by atoms with Gasteiger partial charge in [-0.05, 0) is 25.7 Å². The number of carbonyl (C=O) groups is 1. The second-order valence-corrected chi connectivity index (χ2v) is 5.55. The highest BCUT2D eigenvalue weighted by Crippen LogP contribution is 2.23. The zero-order valence-corrected chi connectivity index (χ0v) is 13.1. The zero-order valence-electron chi connectivity index (χ0n) is 13.1. The lowest BCUT2D eigenvalue weighted by atomic mass is 10.1. The van der Waals surface area contributed by atoms with Crippen LogP contribution in [0.3, 0.4) is 0 Å². The molecule has 1 rings (SSSR count).